The number of nitrogens with one attached hydrogen (secondary N) is 1. The van der Waals surface area contributed by atoms with Crippen LogP contribution >= 0.6 is 0 Å². The number of piperidine rings is 1. The monoisotopic (exact) mass is 1440 g/mol. The minimum atomic E-state index is 0.0532. The zero-order valence-corrected chi connectivity index (χ0v) is 61.2. The third kappa shape index (κ3) is 19.4. The lowest BCUT2D eigenvalue weighted by Gasteiger charge is -2.39. The molecular formula is C83H97N19O5. The van der Waals surface area contributed by atoms with E-state index in [9.17, 15) is 20.4 Å². The smallest absolute Gasteiger partial charge is 0.188 e. The molecule has 7 aromatic carbocycles. The van der Waals surface area contributed by atoms with Crippen molar-refractivity contribution in [1.29, 1.82) is 0 Å². The van der Waals surface area contributed by atoms with Gasteiger partial charge >= 0.3 is 0 Å². The van der Waals surface area contributed by atoms with Gasteiger partial charge in [0.15, 0.2) is 29.0 Å². The fourth-order valence-electron chi connectivity index (χ4n) is 14.2. The van der Waals surface area contributed by atoms with E-state index in [0.29, 0.717) is 92.3 Å². The van der Waals surface area contributed by atoms with Crippen molar-refractivity contribution < 1.29 is 25.2 Å². The Morgan fingerprint density at radius 1 is 0.439 bits per heavy atom. The number of phenolic OH excluding ortho intramolecular Hbond substituents is 4. The predicted octanol–water partition coefficient (Wildman–Crippen LogP) is 11.4. The molecule has 0 radical (unpaired) electrons. The Hall–Kier alpha value is -11.7. The molecule has 4 atom stereocenters. The number of aromatic nitrogens is 8. The van der Waals surface area contributed by atoms with Crippen molar-refractivity contribution >= 4 is 40.3 Å². The molecular weight excluding hydrogens is 1340 g/mol. The van der Waals surface area contributed by atoms with Gasteiger partial charge in [-0.1, -0.05) is 140 Å². The Morgan fingerprint density at radius 3 is 1.32 bits per heavy atom. The summed E-state index contributed by atoms with van der Waals surface area (Å²) in [7, 11) is 4.28. The normalized spacial score (nSPS) is 16.8. The van der Waals surface area contributed by atoms with Crippen LogP contribution in [0, 0.1) is 5.92 Å². The summed E-state index contributed by atoms with van der Waals surface area (Å²) in [6, 6.07) is 68.8. The van der Waals surface area contributed by atoms with Crippen LogP contribution in [0.4, 0.5) is 40.3 Å². The minimum absolute atomic E-state index is 0.0532. The molecule has 4 aliphatic heterocycles. The number of nitrogen functional groups attached to an aromatic ring is 4. The van der Waals surface area contributed by atoms with Gasteiger partial charge in [-0.3, -0.25) is 9.80 Å². The van der Waals surface area contributed by atoms with E-state index in [1.54, 1.807) is 60.7 Å². The van der Waals surface area contributed by atoms with E-state index >= 15 is 0 Å². The summed E-state index contributed by atoms with van der Waals surface area (Å²) in [5, 5.41) is 76.9. The second-order valence-electron chi connectivity index (χ2n) is 27.7. The van der Waals surface area contributed by atoms with Crippen LogP contribution in [-0.4, -0.2) is 180 Å². The van der Waals surface area contributed by atoms with Gasteiger partial charge in [0.25, 0.3) is 0 Å². The largest absolute Gasteiger partial charge is 0.507 e. The maximum atomic E-state index is 10.1. The van der Waals surface area contributed by atoms with Gasteiger partial charge in [0, 0.05) is 125 Å². The molecule has 0 bridgehead atoms. The molecule has 4 aliphatic rings. The second-order valence-corrected chi connectivity index (χ2v) is 27.7. The second kappa shape index (κ2) is 35.9. The van der Waals surface area contributed by atoms with Crippen LogP contribution in [0.5, 0.6) is 28.7 Å². The van der Waals surface area contributed by atoms with Crippen LogP contribution in [0.25, 0.3) is 45.0 Å². The van der Waals surface area contributed by atoms with E-state index in [0.717, 1.165) is 121 Å². The Balaban J connectivity index is 0.000000134. The van der Waals surface area contributed by atoms with E-state index in [1.807, 2.05) is 72.8 Å². The summed E-state index contributed by atoms with van der Waals surface area (Å²) in [6.45, 7) is 15.4. The zero-order valence-electron chi connectivity index (χ0n) is 61.2. The van der Waals surface area contributed by atoms with Gasteiger partial charge in [-0.25, -0.2) is 0 Å². The first-order valence-electron chi connectivity index (χ1n) is 36.6. The van der Waals surface area contributed by atoms with Crippen LogP contribution < -0.4 is 47.7 Å². The van der Waals surface area contributed by atoms with Crippen LogP contribution in [0.2, 0.25) is 0 Å². The fraction of sp³-hybridized carbons (Fsp3) is 0.301. The maximum Gasteiger partial charge on any atom is 0.188 e. The molecule has 15 rings (SSSR count). The lowest BCUT2D eigenvalue weighted by atomic mass is 9.89. The number of hydrogen-bond acceptors (Lipinski definition) is 24. The highest BCUT2D eigenvalue weighted by atomic mass is 16.5. The molecule has 4 fully saturated rings. The quantitative estimate of drug-likeness (QED) is 0.0409. The molecule has 0 spiro atoms. The van der Waals surface area contributed by atoms with Crippen LogP contribution in [0.3, 0.4) is 0 Å². The standard InChI is InChI=1S/C22H25N5O.C21H23N5O.C21H22N4O2.C19H27N5O/c1-16(17-7-3-2-4-8-17)26-11-13-27(14-12-26)20-15-19(24-25-22(20)23)18-9-5-6-10-21(18)28;22-21-19(13-18(24-25-21)17-8-4-5-9-20(17)27)26-11-10-23-16(14-26)12-15-6-2-1-3-7-15;22-21-20(12-18(23-24-21)17-8-4-5-9-19(17)26)27-16-10-11-25(14-16)13-15-6-2-1-3-7-15;1-13(23(2)3)14-8-10-24(11-9-14)17-12-16(21-22-19(17)20)15-6-4-5-7-18(15)25/h2-10,15-16,28H,11-14H2,1H3,(H2,23,25);1-9,13,16,23,27H,10-12,14H2,(H2,22,25);1-9,12,16,26H,10-11,13-14H2,(H2,22,24);4-7,12-14,25H,8-11H2,1-3H3,(H2,20,22)/t;;;13-/m...1/s1. The highest BCUT2D eigenvalue weighted by Gasteiger charge is 2.30. The molecule has 13 N–H and O–H groups in total. The third-order valence-corrected chi connectivity index (χ3v) is 20.5. The summed E-state index contributed by atoms with van der Waals surface area (Å²) in [4.78, 5) is 13.9. The van der Waals surface area contributed by atoms with Crippen molar-refractivity contribution in [3.8, 4) is 73.8 Å². The summed E-state index contributed by atoms with van der Waals surface area (Å²) >= 11 is 0. The average Bonchev–Trinajstić information content (AvgIpc) is 1.01. The summed E-state index contributed by atoms with van der Waals surface area (Å²) in [5.41, 5.74) is 35.9. The van der Waals surface area contributed by atoms with Gasteiger partial charge in [-0.2, -0.15) is 0 Å². The number of hydrogen-bond donors (Lipinski definition) is 9. The predicted molar refractivity (Wildman–Crippen MR) is 426 cm³/mol. The molecule has 0 amide bonds. The molecule has 107 heavy (non-hydrogen) atoms. The Labute approximate surface area is 626 Å². The van der Waals surface area contributed by atoms with Gasteiger partial charge in [-0.05, 0) is 143 Å². The number of piperazine rings is 2. The third-order valence-electron chi connectivity index (χ3n) is 20.5. The van der Waals surface area contributed by atoms with Gasteiger partial charge < -0.3 is 73.0 Å². The highest BCUT2D eigenvalue weighted by Crippen LogP contribution is 2.38. The van der Waals surface area contributed by atoms with Crippen LogP contribution in [-0.2, 0) is 13.0 Å². The van der Waals surface area contributed by atoms with Crippen molar-refractivity contribution in [1.82, 2.24) is 60.8 Å². The van der Waals surface area contributed by atoms with Crippen molar-refractivity contribution in [2.45, 2.75) is 70.3 Å². The van der Waals surface area contributed by atoms with Gasteiger partial charge in [0.2, 0.25) is 0 Å². The van der Waals surface area contributed by atoms with Crippen molar-refractivity contribution in [3.63, 3.8) is 0 Å². The minimum Gasteiger partial charge on any atom is -0.507 e. The first kappa shape index (κ1) is 75.0. The summed E-state index contributed by atoms with van der Waals surface area (Å²) < 4.78 is 6.13. The number of nitrogens with zero attached hydrogens (tertiary/aromatic N) is 14. The number of para-hydroxylation sites is 4. The maximum absolute atomic E-state index is 10.1. The molecule has 3 unspecified atom stereocenters. The molecule has 11 aromatic rings. The number of likely N-dealkylation sites (tertiary alicyclic amines) is 1. The fourth-order valence-corrected chi connectivity index (χ4v) is 14.2. The van der Waals surface area contributed by atoms with Gasteiger partial charge in [0.05, 0.1) is 34.1 Å². The van der Waals surface area contributed by atoms with E-state index in [1.165, 1.54) is 16.7 Å². The lowest BCUT2D eigenvalue weighted by molar-refractivity contribution is 0.198. The first-order valence-corrected chi connectivity index (χ1v) is 36.6. The number of aromatic hydroxyl groups is 4. The molecule has 4 aromatic heterocycles. The summed E-state index contributed by atoms with van der Waals surface area (Å²) in [5.74, 6) is 3.46. The first-order chi connectivity index (χ1) is 52.0. The molecule has 4 saturated heterocycles. The van der Waals surface area contributed by atoms with E-state index < -0.39 is 0 Å². The molecule has 0 saturated carbocycles. The summed E-state index contributed by atoms with van der Waals surface area (Å²) in [6.07, 6.45) is 4.21. The number of benzene rings is 7. The van der Waals surface area contributed by atoms with E-state index in [2.05, 4.69) is 182 Å². The molecule has 8 heterocycles. The SMILES string of the molecule is CC(c1ccccc1)N1CCN(c2cc(-c3ccccc3O)nnc2N)CC1.C[C@H](C1CCN(c2cc(-c3ccccc3O)nnc2N)CC1)N(C)C.Nc1nnc(-c2ccccc2O)cc1N1CCNC(Cc2ccccc2)C1.Nc1nnc(-c2ccccc2O)cc1OC1CCN(Cc2ccccc2)C1. The van der Waals surface area contributed by atoms with Crippen molar-refractivity contribution in [3.05, 3.63) is 229 Å². The number of anilines is 7. The van der Waals surface area contributed by atoms with Crippen LogP contribution in [0.1, 0.15) is 55.8 Å². The van der Waals surface area contributed by atoms with Crippen LogP contribution in [0.15, 0.2) is 212 Å². The van der Waals surface area contributed by atoms with Gasteiger partial charge in [-0.15, -0.1) is 40.8 Å². The number of phenols is 4. The number of nitrogens with two attached hydrogens (primary N) is 4. The molecule has 24 heteroatoms. The lowest BCUT2D eigenvalue weighted by Crippen LogP contribution is -2.51. The van der Waals surface area contributed by atoms with Gasteiger partial charge in [0.1, 0.15) is 34.8 Å². The Kier molecular flexibility index (Phi) is 25.1. The molecule has 24 nitrogen and oxygen atoms in total. The topological polar surface area (TPSA) is 329 Å². The van der Waals surface area contributed by atoms with E-state index in [4.69, 9.17) is 27.7 Å². The van der Waals surface area contributed by atoms with E-state index in [-0.39, 0.29) is 34.9 Å². The number of rotatable bonds is 17. The van der Waals surface area contributed by atoms with Crippen molar-refractivity contribution in [2.24, 2.45) is 5.92 Å². The molecule has 0 aliphatic carbocycles. The number of ether oxygens (including phenoxy) is 1. The highest BCUT2D eigenvalue weighted by molar-refractivity contribution is 5.77. The van der Waals surface area contributed by atoms with Crippen molar-refractivity contribution in [2.75, 3.05) is 124 Å². The Bertz CT molecular complexity index is 4670. The average molecular weight is 1440 g/mol. The zero-order chi connectivity index (χ0) is 74.8. The Morgan fingerprint density at radius 2 is 0.850 bits per heavy atom. The molecule has 554 valence electrons.